The summed E-state index contributed by atoms with van der Waals surface area (Å²) in [7, 11) is 0. The van der Waals surface area contributed by atoms with Crippen molar-refractivity contribution in [3.63, 3.8) is 0 Å². The Hall–Kier alpha value is -1.90. The van der Waals surface area contributed by atoms with Crippen LogP contribution >= 0.6 is 0 Å². The average molecular weight is 261 g/mol. The largest absolute Gasteiger partial charge is 0.264 e. The molecule has 0 bridgehead atoms. The molecule has 0 aliphatic heterocycles. The van der Waals surface area contributed by atoms with Crippen LogP contribution in [0.25, 0.3) is 0 Å². The molecule has 3 heteroatoms. The highest BCUT2D eigenvalue weighted by atomic mass is 16.6. The summed E-state index contributed by atoms with van der Waals surface area (Å²) in [4.78, 5) is 10.3. The standard InChI is InChI=1S/C16H23NO2/c1-6-9-13(4)16(8-3)15(10-7-2)12-11-14(5)17(18)19/h6,8-12,14H,3,7H2,1-2,4-5H3/b9-6-,12-11-,15-10+,16-13+. The lowest BCUT2D eigenvalue weighted by Gasteiger charge is -2.07. The van der Waals surface area contributed by atoms with Crippen LogP contribution in [0.3, 0.4) is 0 Å². The van der Waals surface area contributed by atoms with Gasteiger partial charge in [0.25, 0.3) is 0 Å². The van der Waals surface area contributed by atoms with E-state index in [4.69, 9.17) is 0 Å². The first-order valence-electron chi connectivity index (χ1n) is 6.46. The Morgan fingerprint density at radius 3 is 2.47 bits per heavy atom. The van der Waals surface area contributed by atoms with E-state index >= 15 is 0 Å². The molecule has 0 aliphatic rings. The van der Waals surface area contributed by atoms with Crippen LogP contribution in [0.1, 0.15) is 34.1 Å². The van der Waals surface area contributed by atoms with E-state index in [0.717, 1.165) is 23.1 Å². The second kappa shape index (κ2) is 9.09. The monoisotopic (exact) mass is 261 g/mol. The summed E-state index contributed by atoms with van der Waals surface area (Å²) in [6.07, 6.45) is 12.1. The molecule has 0 aromatic rings. The lowest BCUT2D eigenvalue weighted by Crippen LogP contribution is -2.11. The minimum Gasteiger partial charge on any atom is -0.264 e. The minimum atomic E-state index is -0.687. The van der Waals surface area contributed by atoms with Gasteiger partial charge in [0.15, 0.2) is 0 Å². The van der Waals surface area contributed by atoms with Crippen molar-refractivity contribution in [2.24, 2.45) is 0 Å². The molecule has 0 aromatic carbocycles. The van der Waals surface area contributed by atoms with Gasteiger partial charge >= 0.3 is 0 Å². The highest BCUT2D eigenvalue weighted by molar-refractivity contribution is 5.50. The summed E-state index contributed by atoms with van der Waals surface area (Å²) >= 11 is 0. The molecule has 0 spiro atoms. The first-order chi connectivity index (χ1) is 8.97. The number of hydrogen-bond acceptors (Lipinski definition) is 2. The van der Waals surface area contributed by atoms with E-state index in [1.54, 1.807) is 25.2 Å². The van der Waals surface area contributed by atoms with Crippen LogP contribution in [0.4, 0.5) is 0 Å². The Balaban J connectivity index is 5.44. The fraction of sp³-hybridized carbons (Fsp3) is 0.375. The van der Waals surface area contributed by atoms with Gasteiger partial charge in [-0.2, -0.15) is 0 Å². The molecule has 0 saturated carbocycles. The zero-order chi connectivity index (χ0) is 14.8. The maximum absolute atomic E-state index is 10.6. The van der Waals surface area contributed by atoms with E-state index in [9.17, 15) is 10.1 Å². The van der Waals surface area contributed by atoms with Crippen molar-refractivity contribution in [3.8, 4) is 0 Å². The topological polar surface area (TPSA) is 43.1 Å². The first-order valence-corrected chi connectivity index (χ1v) is 6.46. The van der Waals surface area contributed by atoms with E-state index in [2.05, 4.69) is 6.58 Å². The van der Waals surface area contributed by atoms with E-state index in [-0.39, 0.29) is 4.92 Å². The second-order valence-corrected chi connectivity index (χ2v) is 4.25. The summed E-state index contributed by atoms with van der Waals surface area (Å²) in [6.45, 7) is 11.4. The molecule has 19 heavy (non-hydrogen) atoms. The van der Waals surface area contributed by atoms with Gasteiger partial charge in [-0.05, 0) is 43.1 Å². The molecule has 1 unspecified atom stereocenters. The van der Waals surface area contributed by atoms with Crippen LogP contribution in [0.2, 0.25) is 0 Å². The number of nitro groups is 1. The molecule has 0 amide bonds. The van der Waals surface area contributed by atoms with Gasteiger partial charge in [-0.15, -0.1) is 0 Å². The molecule has 3 nitrogen and oxygen atoms in total. The van der Waals surface area contributed by atoms with Crippen LogP contribution < -0.4 is 0 Å². The van der Waals surface area contributed by atoms with E-state index in [1.807, 2.05) is 39.0 Å². The van der Waals surface area contributed by atoms with E-state index in [0.29, 0.717) is 0 Å². The minimum absolute atomic E-state index is 0.309. The summed E-state index contributed by atoms with van der Waals surface area (Å²) in [6, 6.07) is -0.687. The maximum Gasteiger partial charge on any atom is 0.228 e. The van der Waals surface area contributed by atoms with Gasteiger partial charge < -0.3 is 0 Å². The van der Waals surface area contributed by atoms with Gasteiger partial charge in [-0.1, -0.05) is 43.9 Å². The van der Waals surface area contributed by atoms with Gasteiger partial charge in [0.05, 0.1) is 0 Å². The zero-order valence-electron chi connectivity index (χ0n) is 12.2. The number of allylic oxidation sites excluding steroid dienone is 8. The van der Waals surface area contributed by atoms with Crippen molar-refractivity contribution in [3.05, 3.63) is 69.9 Å². The van der Waals surface area contributed by atoms with Gasteiger partial charge in [0.1, 0.15) is 0 Å². The molecule has 0 rings (SSSR count). The quantitative estimate of drug-likeness (QED) is 0.381. The van der Waals surface area contributed by atoms with Crippen molar-refractivity contribution in [2.75, 3.05) is 0 Å². The van der Waals surface area contributed by atoms with Crippen molar-refractivity contribution in [1.82, 2.24) is 0 Å². The molecule has 0 radical (unpaired) electrons. The summed E-state index contributed by atoms with van der Waals surface area (Å²) in [5, 5.41) is 10.6. The first kappa shape index (κ1) is 17.1. The molecule has 0 N–H and O–H groups in total. The summed E-state index contributed by atoms with van der Waals surface area (Å²) in [5.74, 6) is 0. The molecule has 0 aliphatic carbocycles. The van der Waals surface area contributed by atoms with Crippen LogP contribution in [0.15, 0.2) is 59.8 Å². The van der Waals surface area contributed by atoms with Crippen molar-refractivity contribution in [1.29, 1.82) is 0 Å². The predicted octanol–water partition coefficient (Wildman–Crippen LogP) is 4.62. The molecule has 1 atom stereocenters. The highest BCUT2D eigenvalue weighted by Gasteiger charge is 2.08. The van der Waals surface area contributed by atoms with E-state index in [1.165, 1.54) is 0 Å². The van der Waals surface area contributed by atoms with Gasteiger partial charge in [-0.25, -0.2) is 0 Å². The Kier molecular flexibility index (Phi) is 8.18. The molecular formula is C16H23NO2. The lowest BCUT2D eigenvalue weighted by atomic mass is 9.98. The number of nitrogens with zero attached hydrogens (tertiary/aromatic N) is 1. The molecule has 0 saturated heterocycles. The van der Waals surface area contributed by atoms with Gasteiger partial charge in [0, 0.05) is 11.8 Å². The Bertz CT molecular complexity index is 440. The average Bonchev–Trinajstić information content (AvgIpc) is 2.36. The maximum atomic E-state index is 10.6. The van der Waals surface area contributed by atoms with Crippen molar-refractivity contribution >= 4 is 0 Å². The second-order valence-electron chi connectivity index (χ2n) is 4.25. The predicted molar refractivity (Wildman–Crippen MR) is 81.7 cm³/mol. The summed E-state index contributed by atoms with van der Waals surface area (Å²) < 4.78 is 0. The van der Waals surface area contributed by atoms with Crippen LogP contribution in [0.5, 0.6) is 0 Å². The number of rotatable bonds is 7. The molecule has 0 heterocycles. The number of hydrogen-bond donors (Lipinski definition) is 0. The third kappa shape index (κ3) is 6.00. The highest BCUT2D eigenvalue weighted by Crippen LogP contribution is 2.19. The van der Waals surface area contributed by atoms with E-state index < -0.39 is 6.04 Å². The van der Waals surface area contributed by atoms with Gasteiger partial charge in [0.2, 0.25) is 6.04 Å². The zero-order valence-corrected chi connectivity index (χ0v) is 12.2. The third-order valence-corrected chi connectivity index (χ3v) is 2.67. The van der Waals surface area contributed by atoms with Crippen LogP contribution in [-0.2, 0) is 0 Å². The Morgan fingerprint density at radius 2 is 2.05 bits per heavy atom. The molecule has 0 aromatic heterocycles. The Morgan fingerprint density at radius 1 is 1.42 bits per heavy atom. The molecule has 104 valence electrons. The van der Waals surface area contributed by atoms with Crippen molar-refractivity contribution < 1.29 is 4.92 Å². The van der Waals surface area contributed by atoms with Crippen LogP contribution in [0, 0.1) is 10.1 Å². The smallest absolute Gasteiger partial charge is 0.228 e. The van der Waals surface area contributed by atoms with Crippen molar-refractivity contribution in [2.45, 2.75) is 40.2 Å². The van der Waals surface area contributed by atoms with Crippen LogP contribution in [-0.4, -0.2) is 11.0 Å². The molecule has 0 fully saturated rings. The van der Waals surface area contributed by atoms with Gasteiger partial charge in [-0.3, -0.25) is 10.1 Å². The third-order valence-electron chi connectivity index (χ3n) is 2.67. The fourth-order valence-electron chi connectivity index (χ4n) is 1.65. The Labute approximate surface area is 115 Å². The SMILES string of the molecule is C=CC(/C(/C=C\C(C)[N+](=O)[O-])=C/CC)=C(C)\C=C/C. The molecular weight excluding hydrogens is 238 g/mol. The lowest BCUT2D eigenvalue weighted by molar-refractivity contribution is -0.504. The fourth-order valence-corrected chi connectivity index (χ4v) is 1.65. The summed E-state index contributed by atoms with van der Waals surface area (Å²) in [5.41, 5.74) is 3.07. The normalized spacial score (nSPS) is 15.7.